The highest BCUT2D eigenvalue weighted by molar-refractivity contribution is 6.03. The second-order valence-electron chi connectivity index (χ2n) is 3.45. The number of rotatable bonds is 2. The first-order chi connectivity index (χ1) is 6.43. The number of carboxylic acids is 2. The summed E-state index contributed by atoms with van der Waals surface area (Å²) in [6.45, 7) is 7.16. The van der Waals surface area contributed by atoms with Gasteiger partial charge in [-0.3, -0.25) is 9.59 Å². The van der Waals surface area contributed by atoms with Crippen molar-refractivity contribution in [2.24, 2.45) is 5.41 Å². The zero-order valence-electron chi connectivity index (χ0n) is 7.75. The SMILES string of the molecule is C=C1CCCC(C(=O)O)(C(=O)O)C1=C. The number of allylic oxidation sites excluding steroid dienone is 1. The van der Waals surface area contributed by atoms with Crippen LogP contribution < -0.4 is 0 Å². The highest BCUT2D eigenvalue weighted by atomic mass is 16.4. The molecule has 1 fully saturated rings. The van der Waals surface area contributed by atoms with E-state index in [1.807, 2.05) is 0 Å². The largest absolute Gasteiger partial charge is 0.480 e. The van der Waals surface area contributed by atoms with Gasteiger partial charge in [-0.2, -0.15) is 0 Å². The first kappa shape index (κ1) is 10.5. The van der Waals surface area contributed by atoms with E-state index >= 15 is 0 Å². The Morgan fingerprint density at radius 1 is 1.21 bits per heavy atom. The standard InChI is InChI=1S/C10H12O4/c1-6-4-3-5-10(7(6)2,8(11)12)9(13)14/h1-5H2,(H,11,12)(H,13,14). The molecule has 0 aromatic carbocycles. The van der Waals surface area contributed by atoms with E-state index in [-0.39, 0.29) is 12.0 Å². The Labute approximate surface area is 81.6 Å². The lowest BCUT2D eigenvalue weighted by Gasteiger charge is -2.32. The van der Waals surface area contributed by atoms with E-state index in [0.29, 0.717) is 18.4 Å². The third-order valence-corrected chi connectivity index (χ3v) is 2.70. The maximum Gasteiger partial charge on any atom is 0.325 e. The third kappa shape index (κ3) is 1.23. The molecule has 0 unspecified atom stereocenters. The van der Waals surface area contributed by atoms with Crippen molar-refractivity contribution in [1.29, 1.82) is 0 Å². The molecule has 1 aliphatic carbocycles. The molecule has 14 heavy (non-hydrogen) atoms. The van der Waals surface area contributed by atoms with Crippen LogP contribution >= 0.6 is 0 Å². The zero-order valence-corrected chi connectivity index (χ0v) is 7.75. The van der Waals surface area contributed by atoms with Crippen LogP contribution in [0.2, 0.25) is 0 Å². The smallest absolute Gasteiger partial charge is 0.325 e. The van der Waals surface area contributed by atoms with Gasteiger partial charge in [-0.1, -0.05) is 18.7 Å². The molecule has 0 radical (unpaired) electrons. The van der Waals surface area contributed by atoms with E-state index in [0.717, 1.165) is 0 Å². The van der Waals surface area contributed by atoms with Gasteiger partial charge in [-0.25, -0.2) is 0 Å². The molecule has 0 heterocycles. The lowest BCUT2D eigenvalue weighted by Crippen LogP contribution is -2.43. The molecular formula is C10H12O4. The van der Waals surface area contributed by atoms with Gasteiger partial charge < -0.3 is 10.2 Å². The second kappa shape index (κ2) is 3.29. The van der Waals surface area contributed by atoms with Crippen LogP contribution in [0.15, 0.2) is 24.3 Å². The van der Waals surface area contributed by atoms with Crippen LogP contribution in [0, 0.1) is 5.41 Å². The number of carbonyl (C=O) groups is 2. The van der Waals surface area contributed by atoms with Crippen molar-refractivity contribution >= 4 is 11.9 Å². The molecule has 0 aromatic rings. The van der Waals surface area contributed by atoms with Gasteiger partial charge in [-0.05, 0) is 24.8 Å². The normalized spacial score (nSPS) is 20.6. The van der Waals surface area contributed by atoms with Gasteiger partial charge in [0.15, 0.2) is 5.41 Å². The van der Waals surface area contributed by atoms with Gasteiger partial charge in [0.1, 0.15) is 0 Å². The van der Waals surface area contributed by atoms with Crippen molar-refractivity contribution < 1.29 is 19.8 Å². The predicted molar refractivity (Wildman–Crippen MR) is 49.8 cm³/mol. The van der Waals surface area contributed by atoms with Crippen molar-refractivity contribution in [2.75, 3.05) is 0 Å². The van der Waals surface area contributed by atoms with E-state index in [1.54, 1.807) is 0 Å². The molecule has 1 saturated carbocycles. The van der Waals surface area contributed by atoms with Crippen LogP contribution in [-0.4, -0.2) is 22.2 Å². The zero-order chi connectivity index (χ0) is 10.9. The van der Waals surface area contributed by atoms with Crippen molar-refractivity contribution in [3.05, 3.63) is 24.3 Å². The molecule has 0 spiro atoms. The summed E-state index contributed by atoms with van der Waals surface area (Å²) in [7, 11) is 0. The lowest BCUT2D eigenvalue weighted by molar-refractivity contribution is -0.162. The molecule has 0 amide bonds. The van der Waals surface area contributed by atoms with Gasteiger partial charge in [0.25, 0.3) is 0 Å². The quantitative estimate of drug-likeness (QED) is 0.655. The van der Waals surface area contributed by atoms with E-state index < -0.39 is 17.4 Å². The summed E-state index contributed by atoms with van der Waals surface area (Å²) < 4.78 is 0. The number of hydrogen-bond donors (Lipinski definition) is 2. The molecule has 0 aromatic heterocycles. The Morgan fingerprint density at radius 3 is 2.07 bits per heavy atom. The van der Waals surface area contributed by atoms with Crippen LogP contribution in [-0.2, 0) is 9.59 Å². The van der Waals surface area contributed by atoms with Gasteiger partial charge in [0, 0.05) is 0 Å². The first-order valence-electron chi connectivity index (χ1n) is 4.27. The molecule has 0 atom stereocenters. The van der Waals surface area contributed by atoms with Crippen molar-refractivity contribution in [1.82, 2.24) is 0 Å². The van der Waals surface area contributed by atoms with Gasteiger partial charge in [-0.15, -0.1) is 0 Å². The van der Waals surface area contributed by atoms with Crippen LogP contribution in [0.25, 0.3) is 0 Å². The average Bonchev–Trinajstić information content (AvgIpc) is 2.08. The van der Waals surface area contributed by atoms with Crippen molar-refractivity contribution in [3.8, 4) is 0 Å². The summed E-state index contributed by atoms with van der Waals surface area (Å²) >= 11 is 0. The minimum absolute atomic E-state index is 0.0928. The molecule has 2 N–H and O–H groups in total. The summed E-state index contributed by atoms with van der Waals surface area (Å²) in [6.07, 6.45) is 1.24. The minimum Gasteiger partial charge on any atom is -0.480 e. The highest BCUT2D eigenvalue weighted by Crippen LogP contribution is 2.42. The topological polar surface area (TPSA) is 74.6 Å². The van der Waals surface area contributed by atoms with E-state index in [2.05, 4.69) is 13.2 Å². The molecule has 1 aliphatic rings. The summed E-state index contributed by atoms with van der Waals surface area (Å²) in [5.74, 6) is -2.70. The summed E-state index contributed by atoms with van der Waals surface area (Å²) in [4.78, 5) is 22.0. The van der Waals surface area contributed by atoms with E-state index in [4.69, 9.17) is 10.2 Å². The maximum atomic E-state index is 11.0. The Kier molecular flexibility index (Phi) is 2.47. The predicted octanol–water partition coefficient (Wildman–Crippen LogP) is 1.44. The molecule has 1 rings (SSSR count). The van der Waals surface area contributed by atoms with Crippen LogP contribution in [0.1, 0.15) is 19.3 Å². The number of carboxylic acid groups (broad SMARTS) is 2. The first-order valence-corrected chi connectivity index (χ1v) is 4.27. The average molecular weight is 196 g/mol. The van der Waals surface area contributed by atoms with E-state index in [9.17, 15) is 9.59 Å². The molecule has 0 bridgehead atoms. The summed E-state index contributed by atoms with van der Waals surface area (Å²) in [5.41, 5.74) is -1.19. The second-order valence-corrected chi connectivity index (χ2v) is 3.45. The molecular weight excluding hydrogens is 184 g/mol. The highest BCUT2D eigenvalue weighted by Gasteiger charge is 2.51. The number of aliphatic carboxylic acids is 2. The minimum atomic E-state index is -1.85. The maximum absolute atomic E-state index is 11.0. The van der Waals surface area contributed by atoms with Crippen LogP contribution in [0.4, 0.5) is 0 Å². The molecule has 0 saturated heterocycles. The third-order valence-electron chi connectivity index (χ3n) is 2.70. The van der Waals surface area contributed by atoms with E-state index in [1.165, 1.54) is 0 Å². The Hall–Kier alpha value is -1.58. The van der Waals surface area contributed by atoms with Crippen molar-refractivity contribution in [2.45, 2.75) is 19.3 Å². The fourth-order valence-electron chi connectivity index (χ4n) is 1.73. The molecule has 0 aliphatic heterocycles. The van der Waals surface area contributed by atoms with Gasteiger partial charge >= 0.3 is 11.9 Å². The monoisotopic (exact) mass is 196 g/mol. The molecule has 4 heteroatoms. The summed E-state index contributed by atoms with van der Waals surface area (Å²) in [5, 5.41) is 17.9. The van der Waals surface area contributed by atoms with Crippen LogP contribution in [0.5, 0.6) is 0 Å². The summed E-state index contributed by atoms with van der Waals surface area (Å²) in [6, 6.07) is 0. The Bertz CT molecular complexity index is 313. The van der Waals surface area contributed by atoms with Crippen molar-refractivity contribution in [3.63, 3.8) is 0 Å². The molecule has 4 nitrogen and oxygen atoms in total. The van der Waals surface area contributed by atoms with Gasteiger partial charge in [0.05, 0.1) is 0 Å². The molecule has 76 valence electrons. The van der Waals surface area contributed by atoms with Crippen LogP contribution in [0.3, 0.4) is 0 Å². The Morgan fingerprint density at radius 2 is 1.71 bits per heavy atom. The van der Waals surface area contributed by atoms with Gasteiger partial charge in [0.2, 0.25) is 0 Å². The Balaban J connectivity index is 3.21. The lowest BCUT2D eigenvalue weighted by atomic mass is 9.69. The fraction of sp³-hybridized carbons (Fsp3) is 0.400. The number of hydrogen-bond acceptors (Lipinski definition) is 2. The fourth-order valence-corrected chi connectivity index (χ4v) is 1.73.